The fourth-order valence-electron chi connectivity index (χ4n) is 7.57. The number of hydrogen-bond acceptors (Lipinski definition) is 22. The number of rotatable bonds is 23. The summed E-state index contributed by atoms with van der Waals surface area (Å²) in [4.78, 5) is 64.8. The zero-order valence-electron chi connectivity index (χ0n) is 39.3. The van der Waals surface area contributed by atoms with Crippen LogP contribution in [-0.2, 0) is 75.9 Å². The van der Waals surface area contributed by atoms with Crippen LogP contribution in [0.25, 0.3) is 5.73 Å². The Morgan fingerprint density at radius 2 is 1.46 bits per heavy atom. The van der Waals surface area contributed by atoms with E-state index in [2.05, 4.69) is 30.4 Å². The van der Waals surface area contributed by atoms with Crippen molar-refractivity contribution in [1.29, 1.82) is 0 Å². The van der Waals surface area contributed by atoms with Gasteiger partial charge in [-0.1, -0.05) is 23.4 Å². The second kappa shape index (κ2) is 32.9. The zero-order valence-corrected chi connectivity index (χ0v) is 48.2. The normalized spacial score (nSPS) is 30.2. The Morgan fingerprint density at radius 1 is 0.857 bits per heavy atom. The van der Waals surface area contributed by atoms with E-state index in [1.165, 1.54) is 26.6 Å². The number of nitrogens with one attached hydrogen (secondary N) is 1. The zero-order chi connectivity index (χ0) is 49.0. The van der Waals surface area contributed by atoms with E-state index < -0.39 is 120 Å². The van der Waals surface area contributed by atoms with Crippen molar-refractivity contribution in [3.8, 4) is 0 Å². The first-order valence-electron chi connectivity index (χ1n) is 20.5. The van der Waals surface area contributed by atoms with Gasteiger partial charge in [-0.3, -0.25) is 23.8 Å². The molecule has 1 aromatic heterocycles. The molecule has 0 radical (unpaired) electrons. The van der Waals surface area contributed by atoms with Crippen LogP contribution in [-0.4, -0.2) is 199 Å². The quantitative estimate of drug-likeness (QED) is 0.0129. The molecule has 3 amide bonds. The molecule has 0 aliphatic carbocycles. The molecule has 4 aliphatic rings. The summed E-state index contributed by atoms with van der Waals surface area (Å²) in [5.74, 6) is -5.56. The smallest absolute Gasteiger partial charge is 0.726 e. The number of ether oxygens (including phenoxy) is 6. The van der Waals surface area contributed by atoms with Crippen molar-refractivity contribution >= 4 is 40.1 Å². The first kappa shape index (κ1) is 69.6. The number of nitrogens with zero attached hydrogens (tertiary/aromatic N) is 5. The summed E-state index contributed by atoms with van der Waals surface area (Å²) in [6, 6.07) is -1.62. The van der Waals surface area contributed by atoms with Crippen LogP contribution in [0.15, 0.2) is 31.5 Å². The number of hydrogen-bond donors (Lipinski definition) is 5. The van der Waals surface area contributed by atoms with Gasteiger partial charge in [-0.15, -0.1) is 18.3 Å². The summed E-state index contributed by atoms with van der Waals surface area (Å²) in [6.45, 7) is 11.3. The van der Waals surface area contributed by atoms with Crippen LogP contribution in [0.5, 0.6) is 0 Å². The van der Waals surface area contributed by atoms with Crippen LogP contribution in [0, 0.1) is 18.8 Å². The monoisotopic (exact) mass is 1050 g/mol. The van der Waals surface area contributed by atoms with E-state index in [1.54, 1.807) is 6.20 Å². The summed E-state index contributed by atoms with van der Waals surface area (Å²) < 4.78 is 66.9. The minimum atomic E-state index is -4.92. The fourth-order valence-corrected chi connectivity index (χ4v) is 7.57. The van der Waals surface area contributed by atoms with Crippen LogP contribution in [0.1, 0.15) is 37.8 Å². The van der Waals surface area contributed by atoms with Crippen LogP contribution < -0.4 is 128 Å². The molecule has 0 saturated carbocycles. The molecule has 6 N–H and O–H groups in total. The predicted octanol–water partition coefficient (Wildman–Crippen LogP) is -17.6. The predicted molar refractivity (Wildman–Crippen MR) is 210 cm³/mol. The van der Waals surface area contributed by atoms with Crippen molar-refractivity contribution in [2.75, 3.05) is 32.9 Å². The van der Waals surface area contributed by atoms with Gasteiger partial charge in [0.15, 0.2) is 6.29 Å². The third-order valence-electron chi connectivity index (χ3n) is 10.9. The standard InChI is InChI=1S/C38H54N6O17.4Na.H2O4S/c1-4-21-25-26(22(5-2)59-21)35(53)44(34(25)52)12-8-6-7-11-42(23(45)9-10-24(46)47)17-20-18-43(41-40-20)13-14-56-15-16-57-38-31(51)30(50)32(33(61-38)36(54)55)60-37-27(39)29(49)28(48)19(3)58-37;;;;;1-5(2,3)4/h4-5,18-19,21-22,25-33,37-39,48-51H,1-3,6-17H2,(H,46,47)(H,54,55);;;;;(H2,1,2,3,4)/q-2;4*+1;/p-3/t19?,21-,22+,25+,26-,27?,28-,29-,30-,31?,32+,33?,37-,38-;;;;;/m1...../s1. The number of carbonyl (C=O) groups excluding carboxylic acids is 5. The van der Waals surface area contributed by atoms with E-state index in [4.69, 9.17) is 51.7 Å². The van der Waals surface area contributed by atoms with Gasteiger partial charge in [0.25, 0.3) is 0 Å². The molecule has 5 heterocycles. The van der Waals surface area contributed by atoms with E-state index in [0.717, 1.165) is 0 Å². The average molecular weight is 1050 g/mol. The molecule has 27 nitrogen and oxygen atoms in total. The number of carbonyl (C=O) groups is 5. The second-order valence-electron chi connectivity index (χ2n) is 15.4. The van der Waals surface area contributed by atoms with Gasteiger partial charge in [-0.2, -0.15) is 0 Å². The molecule has 4 aliphatic heterocycles. The van der Waals surface area contributed by atoms with Crippen LogP contribution in [0.2, 0.25) is 0 Å². The maximum absolute atomic E-state index is 13.1. The number of likely N-dealkylation sites (tertiary alicyclic amines) is 1. The Morgan fingerprint density at radius 3 is 2.01 bits per heavy atom. The van der Waals surface area contributed by atoms with Gasteiger partial charge < -0.3 is 90.8 Å². The van der Waals surface area contributed by atoms with Gasteiger partial charge in [0.1, 0.15) is 36.4 Å². The Labute approximate surface area is 491 Å². The number of aliphatic carboxylic acids is 2. The molecule has 14 atom stereocenters. The maximum Gasteiger partial charge on any atom is 1.00 e. The Kier molecular flexibility index (Phi) is 32.7. The van der Waals surface area contributed by atoms with Crippen LogP contribution >= 0.6 is 0 Å². The number of carboxylic acids is 2. The molecule has 0 aromatic carbocycles. The average Bonchev–Trinajstić information content (AvgIpc) is 3.94. The molecule has 70 heavy (non-hydrogen) atoms. The van der Waals surface area contributed by atoms with Gasteiger partial charge in [-0.05, 0) is 31.8 Å². The minimum absolute atomic E-state index is 0. The van der Waals surface area contributed by atoms with Gasteiger partial charge in [0, 0.05) is 25.5 Å². The number of carboxylic acid groups (broad SMARTS) is 2. The largest absolute Gasteiger partial charge is 1.00 e. The van der Waals surface area contributed by atoms with Crippen molar-refractivity contribution in [3.63, 3.8) is 0 Å². The van der Waals surface area contributed by atoms with Crippen molar-refractivity contribution in [3.05, 3.63) is 49.9 Å². The fraction of sp³-hybridized carbons (Fsp3) is 0.684. The molecule has 32 heteroatoms. The van der Waals surface area contributed by atoms with E-state index >= 15 is 0 Å². The summed E-state index contributed by atoms with van der Waals surface area (Å²) in [6.07, 6.45) is -11.1. The summed E-state index contributed by atoms with van der Waals surface area (Å²) in [5.41, 5.74) is 8.43. The minimum Gasteiger partial charge on any atom is -0.726 e. The van der Waals surface area contributed by atoms with Gasteiger partial charge in [-0.25, -0.2) is 13.1 Å². The van der Waals surface area contributed by atoms with Gasteiger partial charge in [0.05, 0.1) is 81.3 Å². The molecule has 0 bridgehead atoms. The number of fused-ring (bicyclic) bond motifs is 1. The molecular weight excluding hydrogens is 1000 g/mol. The molecule has 0 spiro atoms. The number of amides is 3. The van der Waals surface area contributed by atoms with E-state index in [9.17, 15) is 54.6 Å². The summed E-state index contributed by atoms with van der Waals surface area (Å²) in [7, 11) is -4.92. The van der Waals surface area contributed by atoms with Gasteiger partial charge in [0.2, 0.25) is 28.1 Å². The molecule has 372 valence electrons. The summed E-state index contributed by atoms with van der Waals surface area (Å²) >= 11 is 0. The number of aliphatic hydroxyl groups is 4. The first-order chi connectivity index (χ1) is 31.1. The van der Waals surface area contributed by atoms with E-state index in [0.29, 0.717) is 25.0 Å². The topological polar surface area (TPSA) is 406 Å². The SMILES string of the molecule is C=C[C@@H]1O[C@H](C=C)[C@@H]2C(=O)N(CCCCCN(Cc3cn(CCOCCO[C@@H]4OC(C(=O)[O-])[C@@H](O[C@H]5OC([CH2-])[C@@H](O)[C@H](O)C5[NH-])[C@H](O)C4O)nn3)C(=O)CCC(=O)[O-])C(=O)[C@@H]21.O=S(=O)([O-])O.[Na+].[Na+].[Na+].[Na+]. The molecular formula is C38H53N6Na4O21S-. The molecule has 1 aromatic rings. The number of aromatic nitrogens is 3. The molecule has 4 saturated heterocycles. The second-order valence-corrected chi connectivity index (χ2v) is 16.3. The third kappa shape index (κ3) is 19.9. The molecule has 5 rings (SSSR count). The van der Waals surface area contributed by atoms with Crippen molar-refractivity contribution < 1.29 is 219 Å². The van der Waals surface area contributed by atoms with E-state index in [-0.39, 0.29) is 182 Å². The number of aliphatic hydroxyl groups excluding tert-OH is 4. The van der Waals surface area contributed by atoms with Gasteiger partial charge >= 0.3 is 118 Å². The van der Waals surface area contributed by atoms with Crippen molar-refractivity contribution in [1.82, 2.24) is 24.8 Å². The summed E-state index contributed by atoms with van der Waals surface area (Å²) in [5, 5.41) is 72.3. The molecule has 4 fully saturated rings. The first-order valence-corrected chi connectivity index (χ1v) is 21.9. The van der Waals surface area contributed by atoms with Crippen molar-refractivity contribution in [2.45, 2.75) is 119 Å². The number of imide groups is 1. The molecule has 4 unspecified atom stereocenters. The van der Waals surface area contributed by atoms with Crippen molar-refractivity contribution in [2.24, 2.45) is 11.8 Å². The van der Waals surface area contributed by atoms with Crippen LogP contribution in [0.4, 0.5) is 0 Å². The Hall–Kier alpha value is -0.400. The Balaban J connectivity index is 0.00000503. The van der Waals surface area contributed by atoms with E-state index in [1.807, 2.05) is 0 Å². The Bertz CT molecular complexity index is 1940. The maximum atomic E-state index is 13.1. The van der Waals surface area contributed by atoms with Crippen LogP contribution in [0.3, 0.4) is 0 Å². The number of unbranched alkanes of at least 4 members (excludes halogenated alkanes) is 2. The third-order valence-corrected chi connectivity index (χ3v) is 10.9.